The fraction of sp³-hybridized carbons (Fsp3) is 0.346. The molecular weight excluding hydrogens is 414 g/mol. The second-order valence-corrected chi connectivity index (χ2v) is 8.87. The molecule has 7 nitrogen and oxygen atoms in total. The standard InChI is InChI=1S/C26H29N5O2/c1-29-23-13-16-30(18-22(23)24(28-29)26(33)31-14-5-6-15-31)17-19-9-11-20(12-10-19)25(32)27-21-7-3-2-4-8-21/h2-4,7-12H,5-6,13-18H2,1H3,(H,27,32). The molecule has 3 aromatic rings. The van der Waals surface area contributed by atoms with E-state index in [1.165, 1.54) is 5.69 Å². The summed E-state index contributed by atoms with van der Waals surface area (Å²) in [7, 11) is 1.94. The molecular formula is C26H29N5O2. The van der Waals surface area contributed by atoms with E-state index in [4.69, 9.17) is 0 Å². The quantitative estimate of drug-likeness (QED) is 0.656. The summed E-state index contributed by atoms with van der Waals surface area (Å²) in [6, 6.07) is 17.2. The summed E-state index contributed by atoms with van der Waals surface area (Å²) in [5, 5.41) is 7.52. The molecule has 2 aromatic carbocycles. The number of para-hydroxylation sites is 1. The lowest BCUT2D eigenvalue weighted by Crippen LogP contribution is -2.33. The highest BCUT2D eigenvalue weighted by Gasteiger charge is 2.30. The summed E-state index contributed by atoms with van der Waals surface area (Å²) >= 11 is 0. The Morgan fingerprint density at radius 1 is 0.970 bits per heavy atom. The maximum absolute atomic E-state index is 13.0. The van der Waals surface area contributed by atoms with Gasteiger partial charge < -0.3 is 10.2 Å². The molecule has 0 aliphatic carbocycles. The lowest BCUT2D eigenvalue weighted by molar-refractivity contribution is 0.0783. The average molecular weight is 444 g/mol. The number of carbonyl (C=O) groups excluding carboxylic acids is 2. The Hall–Kier alpha value is -3.45. The number of carbonyl (C=O) groups is 2. The number of hydrogen-bond acceptors (Lipinski definition) is 4. The van der Waals surface area contributed by atoms with Crippen molar-refractivity contribution < 1.29 is 9.59 Å². The van der Waals surface area contributed by atoms with Gasteiger partial charge in [0.1, 0.15) is 0 Å². The van der Waals surface area contributed by atoms with Gasteiger partial charge in [0.2, 0.25) is 0 Å². The van der Waals surface area contributed by atoms with E-state index in [-0.39, 0.29) is 11.8 Å². The Balaban J connectivity index is 1.25. The fourth-order valence-corrected chi connectivity index (χ4v) is 4.77. The van der Waals surface area contributed by atoms with Gasteiger partial charge in [-0.3, -0.25) is 19.2 Å². The largest absolute Gasteiger partial charge is 0.337 e. The van der Waals surface area contributed by atoms with E-state index in [2.05, 4.69) is 15.3 Å². The van der Waals surface area contributed by atoms with Crippen LogP contribution < -0.4 is 5.32 Å². The summed E-state index contributed by atoms with van der Waals surface area (Å²) in [6.45, 7) is 4.07. The molecule has 1 N–H and O–H groups in total. The molecule has 1 saturated heterocycles. The molecule has 7 heteroatoms. The number of rotatable bonds is 5. The number of anilines is 1. The van der Waals surface area contributed by atoms with Crippen LogP contribution >= 0.6 is 0 Å². The zero-order valence-electron chi connectivity index (χ0n) is 19.0. The number of fused-ring (bicyclic) bond motifs is 1. The van der Waals surface area contributed by atoms with Crippen LogP contribution in [0, 0.1) is 0 Å². The number of benzene rings is 2. The second-order valence-electron chi connectivity index (χ2n) is 8.87. The zero-order valence-corrected chi connectivity index (χ0v) is 19.0. The number of hydrogen-bond donors (Lipinski definition) is 1. The van der Waals surface area contributed by atoms with Crippen molar-refractivity contribution in [3.8, 4) is 0 Å². The number of amides is 2. The van der Waals surface area contributed by atoms with Gasteiger partial charge in [-0.05, 0) is 42.7 Å². The maximum atomic E-state index is 13.0. The van der Waals surface area contributed by atoms with Gasteiger partial charge in [0, 0.05) is 68.7 Å². The highest BCUT2D eigenvalue weighted by Crippen LogP contribution is 2.25. The Kier molecular flexibility index (Phi) is 5.96. The SMILES string of the molecule is Cn1nc(C(=O)N2CCCC2)c2c1CCN(Cc1ccc(C(=O)Nc3ccccc3)cc1)C2. The molecule has 0 unspecified atom stereocenters. The summed E-state index contributed by atoms with van der Waals surface area (Å²) in [5.41, 5.74) is 5.42. The molecule has 33 heavy (non-hydrogen) atoms. The Labute approximate surface area is 194 Å². The van der Waals surface area contributed by atoms with Gasteiger partial charge in [-0.15, -0.1) is 0 Å². The maximum Gasteiger partial charge on any atom is 0.274 e. The van der Waals surface area contributed by atoms with Crippen LogP contribution in [0.25, 0.3) is 0 Å². The van der Waals surface area contributed by atoms with Crippen LogP contribution in [0.5, 0.6) is 0 Å². The van der Waals surface area contributed by atoms with Crippen molar-refractivity contribution in [2.45, 2.75) is 32.4 Å². The van der Waals surface area contributed by atoms with Crippen LogP contribution in [-0.4, -0.2) is 51.0 Å². The number of aryl methyl sites for hydroxylation is 1. The fourth-order valence-electron chi connectivity index (χ4n) is 4.77. The normalized spacial score (nSPS) is 16.0. The van der Waals surface area contributed by atoms with Crippen LogP contribution in [0.15, 0.2) is 54.6 Å². The molecule has 1 fully saturated rings. The van der Waals surface area contributed by atoms with E-state index in [0.717, 1.165) is 62.3 Å². The van der Waals surface area contributed by atoms with Crippen LogP contribution in [0.1, 0.15) is 50.5 Å². The van der Waals surface area contributed by atoms with Crippen LogP contribution in [-0.2, 0) is 26.6 Å². The minimum Gasteiger partial charge on any atom is -0.337 e. The lowest BCUT2D eigenvalue weighted by Gasteiger charge is -2.28. The first kappa shape index (κ1) is 21.4. The predicted molar refractivity (Wildman–Crippen MR) is 127 cm³/mol. The minimum atomic E-state index is -0.115. The molecule has 1 aromatic heterocycles. The van der Waals surface area contributed by atoms with Crippen molar-refractivity contribution in [3.05, 3.63) is 82.7 Å². The van der Waals surface area contributed by atoms with Gasteiger partial charge in [-0.2, -0.15) is 5.10 Å². The molecule has 3 heterocycles. The van der Waals surface area contributed by atoms with Crippen molar-refractivity contribution in [1.29, 1.82) is 0 Å². The first-order valence-corrected chi connectivity index (χ1v) is 11.6. The molecule has 170 valence electrons. The number of aromatic nitrogens is 2. The summed E-state index contributed by atoms with van der Waals surface area (Å²) in [4.78, 5) is 29.8. The van der Waals surface area contributed by atoms with Crippen molar-refractivity contribution in [2.24, 2.45) is 7.05 Å². The first-order valence-electron chi connectivity index (χ1n) is 11.6. The van der Waals surface area contributed by atoms with Crippen LogP contribution in [0.2, 0.25) is 0 Å². The molecule has 0 atom stereocenters. The lowest BCUT2D eigenvalue weighted by atomic mass is 10.0. The molecule has 5 rings (SSSR count). The molecule has 2 amide bonds. The van der Waals surface area contributed by atoms with Crippen LogP contribution in [0.3, 0.4) is 0 Å². The van der Waals surface area contributed by atoms with Gasteiger partial charge in [-0.1, -0.05) is 30.3 Å². The highest BCUT2D eigenvalue weighted by molar-refractivity contribution is 6.04. The van der Waals surface area contributed by atoms with E-state index in [1.54, 1.807) is 0 Å². The van der Waals surface area contributed by atoms with Gasteiger partial charge in [0.15, 0.2) is 5.69 Å². The van der Waals surface area contributed by atoms with E-state index < -0.39 is 0 Å². The molecule has 0 radical (unpaired) electrons. The summed E-state index contributed by atoms with van der Waals surface area (Å²) in [6.07, 6.45) is 3.03. The third-order valence-electron chi connectivity index (χ3n) is 6.57. The molecule has 2 aliphatic rings. The van der Waals surface area contributed by atoms with Crippen molar-refractivity contribution in [1.82, 2.24) is 19.6 Å². The van der Waals surface area contributed by atoms with Crippen molar-refractivity contribution >= 4 is 17.5 Å². The Morgan fingerprint density at radius 3 is 2.42 bits per heavy atom. The minimum absolute atomic E-state index is 0.0694. The van der Waals surface area contributed by atoms with Crippen molar-refractivity contribution in [2.75, 3.05) is 25.0 Å². The van der Waals surface area contributed by atoms with Crippen LogP contribution in [0.4, 0.5) is 5.69 Å². The zero-order chi connectivity index (χ0) is 22.8. The summed E-state index contributed by atoms with van der Waals surface area (Å²) < 4.78 is 1.89. The predicted octanol–water partition coefficient (Wildman–Crippen LogP) is 3.47. The van der Waals surface area contributed by atoms with E-state index in [9.17, 15) is 9.59 Å². The highest BCUT2D eigenvalue weighted by atomic mass is 16.2. The van der Waals surface area contributed by atoms with E-state index in [0.29, 0.717) is 17.8 Å². The average Bonchev–Trinajstić information content (AvgIpc) is 3.48. The number of nitrogens with zero attached hydrogens (tertiary/aromatic N) is 4. The Morgan fingerprint density at radius 2 is 1.70 bits per heavy atom. The monoisotopic (exact) mass is 443 g/mol. The van der Waals surface area contributed by atoms with E-state index >= 15 is 0 Å². The first-order chi connectivity index (χ1) is 16.1. The molecule has 0 bridgehead atoms. The number of likely N-dealkylation sites (tertiary alicyclic amines) is 1. The Bertz CT molecular complexity index is 1150. The third kappa shape index (κ3) is 4.54. The molecule has 2 aliphatic heterocycles. The van der Waals surface area contributed by atoms with Gasteiger partial charge >= 0.3 is 0 Å². The third-order valence-corrected chi connectivity index (χ3v) is 6.57. The van der Waals surface area contributed by atoms with E-state index in [1.807, 2.05) is 71.2 Å². The smallest absolute Gasteiger partial charge is 0.274 e. The summed E-state index contributed by atoms with van der Waals surface area (Å²) in [5.74, 6) is -0.0456. The van der Waals surface area contributed by atoms with Gasteiger partial charge in [-0.25, -0.2) is 0 Å². The van der Waals surface area contributed by atoms with Crippen molar-refractivity contribution in [3.63, 3.8) is 0 Å². The number of nitrogens with one attached hydrogen (secondary N) is 1. The van der Waals surface area contributed by atoms with Gasteiger partial charge in [0.05, 0.1) is 0 Å². The topological polar surface area (TPSA) is 70.5 Å². The molecule has 0 saturated carbocycles. The van der Waals surface area contributed by atoms with Gasteiger partial charge in [0.25, 0.3) is 11.8 Å². The second kappa shape index (κ2) is 9.19. The molecule has 0 spiro atoms.